The molecule has 0 unspecified atom stereocenters. The van der Waals surface area contributed by atoms with Gasteiger partial charge in [-0.05, 0) is 148 Å². The summed E-state index contributed by atoms with van der Waals surface area (Å²) in [4.78, 5) is 49.4. The van der Waals surface area contributed by atoms with E-state index in [-0.39, 0.29) is 55.6 Å². The number of halogens is 1. The average molecular weight is 937 g/mol. The highest BCUT2D eigenvalue weighted by Gasteiger charge is 2.36. The van der Waals surface area contributed by atoms with Gasteiger partial charge in [0.2, 0.25) is 0 Å². The molecule has 0 heterocycles. The summed E-state index contributed by atoms with van der Waals surface area (Å²) in [5.41, 5.74) is 5.75. The normalized spacial score (nSPS) is 14.6. The third kappa shape index (κ3) is 16.2. The van der Waals surface area contributed by atoms with Crippen molar-refractivity contribution in [2.24, 2.45) is 11.3 Å². The van der Waals surface area contributed by atoms with Gasteiger partial charge in [-0.2, -0.15) is 0 Å². The maximum absolute atomic E-state index is 16.2. The van der Waals surface area contributed by atoms with Crippen LogP contribution in [0.4, 0.5) is 4.39 Å². The van der Waals surface area contributed by atoms with Crippen molar-refractivity contribution in [3.63, 3.8) is 0 Å². The fourth-order valence-electron chi connectivity index (χ4n) is 8.49. The number of aliphatic hydroxyl groups is 1. The summed E-state index contributed by atoms with van der Waals surface area (Å²) in [6.45, 7) is 21.9. The number of aryl methyl sites for hydroxylation is 3. The zero-order valence-corrected chi connectivity index (χ0v) is 41.1. The Morgan fingerprint density at radius 3 is 1.78 bits per heavy atom. The molecule has 0 saturated heterocycles. The van der Waals surface area contributed by atoms with Crippen LogP contribution >= 0.6 is 0 Å². The number of hydrogen-bond donors (Lipinski definition) is 1. The maximum Gasteiger partial charge on any atom is 0.333 e. The van der Waals surface area contributed by atoms with Crippen LogP contribution in [-0.4, -0.2) is 68.6 Å². The smallest absolute Gasteiger partial charge is 0.333 e. The van der Waals surface area contributed by atoms with Crippen molar-refractivity contribution in [2.45, 2.75) is 124 Å². The van der Waals surface area contributed by atoms with Crippen LogP contribution in [0.2, 0.25) is 0 Å². The van der Waals surface area contributed by atoms with Gasteiger partial charge in [-0.3, -0.25) is 0 Å². The van der Waals surface area contributed by atoms with Gasteiger partial charge in [0.05, 0.1) is 25.2 Å². The molecule has 3 aromatic rings. The van der Waals surface area contributed by atoms with Gasteiger partial charge in [-0.1, -0.05) is 96.2 Å². The minimum atomic E-state index is -1.41. The summed E-state index contributed by atoms with van der Waals surface area (Å²) in [5, 5.41) is 10.8. The Bertz CT molecular complexity index is 2240. The highest BCUT2D eigenvalue weighted by molar-refractivity contribution is 5.88. The first kappa shape index (κ1) is 54.8. The van der Waals surface area contributed by atoms with Crippen LogP contribution in [-0.2, 0) is 57.4 Å². The number of aliphatic hydroxyl groups excluding tert-OH is 1. The highest BCUT2D eigenvalue weighted by atomic mass is 19.1. The molecule has 3 aromatic carbocycles. The molecule has 1 fully saturated rings. The monoisotopic (exact) mass is 937 g/mol. The number of unbranched alkanes of at least 4 members (excludes halogenated alkanes) is 2. The van der Waals surface area contributed by atoms with Gasteiger partial charge in [-0.15, -0.1) is 0 Å². The lowest BCUT2D eigenvalue weighted by molar-refractivity contribution is -0.153. The van der Waals surface area contributed by atoms with Crippen molar-refractivity contribution in [3.8, 4) is 28.0 Å². The molecule has 1 saturated carbocycles. The Balaban J connectivity index is 1.75. The Labute approximate surface area is 403 Å². The Kier molecular flexibility index (Phi) is 22.0. The van der Waals surface area contributed by atoms with Crippen molar-refractivity contribution in [2.75, 3.05) is 39.6 Å². The standard InChI is InChI=1S/C57H73FO10/c1-10-13-14-17-41-20-22-43(23-21-41)45-25-27-50(51(58)33-45)49-26-24-44(30-42(49)11-2)48-31-46(18-15-28-64-52(60)12-3)53(47(32-48)19-16-29-65-54(61)38(4)5)66-35-57(34-59,36-67-55(62)39(6)7)37-68-56(63)40(8)9/h12,24-27,30-33,41,43,59H,3-4,6,8,10-11,13-23,28-29,34-37H2,1-2,5,7,9H3. The molecule has 0 aliphatic heterocycles. The van der Waals surface area contributed by atoms with Crippen molar-refractivity contribution in [1.82, 2.24) is 0 Å². The van der Waals surface area contributed by atoms with Gasteiger partial charge in [0.15, 0.2) is 0 Å². The summed E-state index contributed by atoms with van der Waals surface area (Å²) in [7, 11) is 0. The van der Waals surface area contributed by atoms with E-state index in [0.717, 1.165) is 63.8 Å². The largest absolute Gasteiger partial charge is 0.492 e. The van der Waals surface area contributed by atoms with Crippen LogP contribution < -0.4 is 4.74 Å². The van der Waals surface area contributed by atoms with Crippen molar-refractivity contribution >= 4 is 23.9 Å². The molecular formula is C57H73FO10. The maximum atomic E-state index is 16.2. The first-order valence-corrected chi connectivity index (χ1v) is 24.1. The Morgan fingerprint density at radius 1 is 0.691 bits per heavy atom. The van der Waals surface area contributed by atoms with Crippen LogP contribution in [0.15, 0.2) is 97.6 Å². The summed E-state index contributed by atoms with van der Waals surface area (Å²) in [6, 6.07) is 15.8. The number of carbonyl (C=O) groups is 4. The van der Waals surface area contributed by atoms with Gasteiger partial charge < -0.3 is 28.8 Å². The lowest BCUT2D eigenvalue weighted by Gasteiger charge is -2.31. The summed E-state index contributed by atoms with van der Waals surface area (Å²) < 4.78 is 44.6. The minimum Gasteiger partial charge on any atom is -0.492 e. The predicted molar refractivity (Wildman–Crippen MR) is 266 cm³/mol. The molecule has 4 rings (SSSR count). The molecule has 1 N–H and O–H groups in total. The van der Waals surface area contributed by atoms with E-state index in [0.29, 0.717) is 49.3 Å². The second-order valence-electron chi connectivity index (χ2n) is 18.5. The highest BCUT2D eigenvalue weighted by Crippen LogP contribution is 2.41. The number of carbonyl (C=O) groups excluding carboxylic acids is 4. The molecule has 1 aliphatic carbocycles. The number of benzene rings is 3. The summed E-state index contributed by atoms with van der Waals surface area (Å²) in [5.74, 6) is -1.09. The summed E-state index contributed by atoms with van der Waals surface area (Å²) >= 11 is 0. The first-order valence-electron chi connectivity index (χ1n) is 24.1. The molecule has 0 aromatic heterocycles. The van der Waals surface area contributed by atoms with Crippen LogP contribution in [0.3, 0.4) is 0 Å². The molecule has 68 heavy (non-hydrogen) atoms. The lowest BCUT2D eigenvalue weighted by Crippen LogP contribution is -2.43. The van der Waals surface area contributed by atoms with E-state index >= 15 is 4.39 Å². The summed E-state index contributed by atoms with van der Waals surface area (Å²) in [6.07, 6.45) is 13.0. The van der Waals surface area contributed by atoms with E-state index in [1.54, 1.807) is 13.0 Å². The van der Waals surface area contributed by atoms with E-state index in [2.05, 4.69) is 45.4 Å². The van der Waals surface area contributed by atoms with E-state index in [1.165, 1.54) is 52.4 Å². The third-order valence-electron chi connectivity index (χ3n) is 12.6. The molecule has 0 atom stereocenters. The van der Waals surface area contributed by atoms with Crippen molar-refractivity contribution in [1.29, 1.82) is 0 Å². The van der Waals surface area contributed by atoms with Crippen molar-refractivity contribution in [3.05, 3.63) is 126 Å². The van der Waals surface area contributed by atoms with Crippen LogP contribution in [0.1, 0.15) is 127 Å². The fraction of sp³-hybridized carbons (Fsp3) is 0.474. The number of esters is 4. The SMILES string of the molecule is C=CC(=O)OCCCc1cc(-c2ccc(-c3ccc(C4CCC(CCCCC)CC4)cc3F)c(CC)c2)cc(CCCOC(=O)C(=C)C)c1OCC(CO)(COC(=O)C(=C)C)COC(=O)C(=C)C. The second kappa shape index (κ2) is 27.3. The van der Waals surface area contributed by atoms with E-state index in [1.807, 2.05) is 37.3 Å². The molecule has 0 radical (unpaired) electrons. The van der Waals surface area contributed by atoms with Crippen molar-refractivity contribution < 1.29 is 52.4 Å². The number of rotatable bonds is 28. The topological polar surface area (TPSA) is 135 Å². The molecule has 10 nitrogen and oxygen atoms in total. The van der Waals surface area contributed by atoms with Gasteiger partial charge in [0, 0.05) is 28.4 Å². The van der Waals surface area contributed by atoms with E-state index in [9.17, 15) is 24.3 Å². The molecule has 368 valence electrons. The van der Waals surface area contributed by atoms with E-state index < -0.39 is 35.9 Å². The van der Waals surface area contributed by atoms with Gasteiger partial charge >= 0.3 is 23.9 Å². The quantitative estimate of drug-likeness (QED) is 0.0324. The Hall–Kier alpha value is -5.81. The van der Waals surface area contributed by atoms with Crippen LogP contribution in [0, 0.1) is 17.2 Å². The van der Waals surface area contributed by atoms with Crippen LogP contribution in [0.25, 0.3) is 22.3 Å². The second-order valence-corrected chi connectivity index (χ2v) is 18.5. The van der Waals surface area contributed by atoms with Gasteiger partial charge in [-0.25, -0.2) is 23.6 Å². The molecule has 0 amide bonds. The Morgan fingerprint density at radius 2 is 1.25 bits per heavy atom. The third-order valence-corrected chi connectivity index (χ3v) is 12.6. The predicted octanol–water partition coefficient (Wildman–Crippen LogP) is 11.9. The number of hydrogen-bond acceptors (Lipinski definition) is 10. The van der Waals surface area contributed by atoms with E-state index in [4.69, 9.17) is 23.7 Å². The zero-order chi connectivity index (χ0) is 49.8. The molecule has 0 spiro atoms. The van der Waals surface area contributed by atoms with Gasteiger partial charge in [0.1, 0.15) is 31.4 Å². The molecule has 1 aliphatic rings. The fourth-order valence-corrected chi connectivity index (χ4v) is 8.49. The first-order chi connectivity index (χ1) is 32.5. The zero-order valence-electron chi connectivity index (χ0n) is 41.1. The average Bonchev–Trinajstić information content (AvgIpc) is 3.33. The number of ether oxygens (including phenoxy) is 5. The molecular weight excluding hydrogens is 864 g/mol. The minimum absolute atomic E-state index is 0.0916. The molecule has 0 bridgehead atoms. The lowest BCUT2D eigenvalue weighted by atomic mass is 9.77. The van der Waals surface area contributed by atoms with Crippen LogP contribution in [0.5, 0.6) is 5.75 Å². The molecule has 11 heteroatoms. The van der Waals surface area contributed by atoms with Gasteiger partial charge in [0.25, 0.3) is 0 Å².